The molecule has 8 nitrogen and oxygen atoms in total. The van der Waals surface area contributed by atoms with Crippen LogP contribution in [0.2, 0.25) is 0 Å². The Bertz CT molecular complexity index is 1180. The van der Waals surface area contributed by atoms with E-state index in [2.05, 4.69) is 15.5 Å². The standard InChI is InChI=1S/C25H25N3O5/c1-31-16-21(27-23(29)22-19-11-7-6-10-18(19)12-13-26-22)20-15-25(33-28-20,24(30)32-2)14-17-8-4-3-5-9-17/h3-13,21H,14-16H2,1-2H3,(H,27,29)/t21-,25?/m1/s1. The third-order valence-corrected chi connectivity index (χ3v) is 5.62. The fourth-order valence-corrected chi connectivity index (χ4v) is 3.99. The smallest absolute Gasteiger partial charge is 0.353 e. The van der Waals surface area contributed by atoms with Gasteiger partial charge in [-0.25, -0.2) is 4.79 Å². The number of nitrogens with zero attached hydrogens (tertiary/aromatic N) is 2. The third-order valence-electron chi connectivity index (χ3n) is 5.62. The van der Waals surface area contributed by atoms with Gasteiger partial charge in [0.2, 0.25) is 5.60 Å². The summed E-state index contributed by atoms with van der Waals surface area (Å²) in [4.78, 5) is 35.8. The molecular weight excluding hydrogens is 422 g/mol. The maximum atomic E-state index is 13.1. The first-order valence-electron chi connectivity index (χ1n) is 10.6. The molecule has 0 bridgehead atoms. The Kier molecular flexibility index (Phi) is 6.65. The molecule has 3 aromatic rings. The molecule has 2 atom stereocenters. The summed E-state index contributed by atoms with van der Waals surface area (Å²) in [5.41, 5.74) is 0.399. The van der Waals surface area contributed by atoms with Gasteiger partial charge in [-0.1, -0.05) is 59.8 Å². The average Bonchev–Trinajstić information content (AvgIpc) is 3.28. The summed E-state index contributed by atoms with van der Waals surface area (Å²) in [6.45, 7) is 0.154. The van der Waals surface area contributed by atoms with E-state index in [4.69, 9.17) is 14.3 Å². The van der Waals surface area contributed by atoms with E-state index in [0.29, 0.717) is 11.4 Å². The number of oxime groups is 1. The molecule has 4 rings (SSSR count). The van der Waals surface area contributed by atoms with Crippen LogP contribution < -0.4 is 5.32 Å². The van der Waals surface area contributed by atoms with E-state index in [1.807, 2.05) is 60.7 Å². The molecule has 1 amide bonds. The monoisotopic (exact) mass is 447 g/mol. The van der Waals surface area contributed by atoms with Gasteiger partial charge in [0.25, 0.3) is 5.91 Å². The molecule has 0 radical (unpaired) electrons. The van der Waals surface area contributed by atoms with Crippen LogP contribution in [0, 0.1) is 0 Å². The number of methoxy groups -OCH3 is 2. The quantitative estimate of drug-likeness (QED) is 0.533. The molecule has 2 heterocycles. The molecule has 0 spiro atoms. The molecule has 1 aliphatic heterocycles. The number of esters is 1. The highest BCUT2D eigenvalue weighted by molar-refractivity contribution is 6.07. The first kappa shape index (κ1) is 22.4. The van der Waals surface area contributed by atoms with Crippen LogP contribution in [0.3, 0.4) is 0 Å². The van der Waals surface area contributed by atoms with E-state index in [-0.39, 0.29) is 25.4 Å². The van der Waals surface area contributed by atoms with Crippen LogP contribution in [-0.2, 0) is 25.5 Å². The van der Waals surface area contributed by atoms with Crippen molar-refractivity contribution in [1.82, 2.24) is 10.3 Å². The first-order chi connectivity index (χ1) is 16.1. The SMILES string of the molecule is COC[C@@H](NC(=O)c1nccc2ccccc12)C1=NOC(Cc2ccccc2)(C(=O)OC)C1. The topological polar surface area (TPSA) is 99.1 Å². The number of benzene rings is 2. The molecule has 1 aromatic heterocycles. The van der Waals surface area contributed by atoms with Gasteiger partial charge < -0.3 is 19.6 Å². The Labute approximate surface area is 191 Å². The van der Waals surface area contributed by atoms with Gasteiger partial charge in [0.15, 0.2) is 0 Å². The summed E-state index contributed by atoms with van der Waals surface area (Å²) >= 11 is 0. The van der Waals surface area contributed by atoms with Crippen LogP contribution in [0.5, 0.6) is 0 Å². The van der Waals surface area contributed by atoms with Gasteiger partial charge in [0, 0.05) is 31.5 Å². The van der Waals surface area contributed by atoms with Gasteiger partial charge in [-0.2, -0.15) is 0 Å². The Balaban J connectivity index is 1.56. The van der Waals surface area contributed by atoms with Crippen LogP contribution in [-0.4, -0.2) is 55.0 Å². The zero-order valence-electron chi connectivity index (χ0n) is 18.5. The molecule has 0 saturated heterocycles. The number of hydrogen-bond acceptors (Lipinski definition) is 7. The van der Waals surface area contributed by atoms with Gasteiger partial charge in [-0.3, -0.25) is 9.78 Å². The highest BCUT2D eigenvalue weighted by Gasteiger charge is 2.49. The molecule has 1 aliphatic rings. The van der Waals surface area contributed by atoms with Crippen LogP contribution in [0.1, 0.15) is 22.5 Å². The predicted molar refractivity (Wildman–Crippen MR) is 123 cm³/mol. The molecule has 0 saturated carbocycles. The maximum Gasteiger partial charge on any atom is 0.353 e. The van der Waals surface area contributed by atoms with Gasteiger partial charge in [-0.05, 0) is 17.0 Å². The summed E-state index contributed by atoms with van der Waals surface area (Å²) in [7, 11) is 2.85. The number of nitrogens with one attached hydrogen (secondary N) is 1. The third kappa shape index (κ3) is 4.70. The maximum absolute atomic E-state index is 13.1. The van der Waals surface area contributed by atoms with E-state index in [1.165, 1.54) is 14.2 Å². The minimum atomic E-state index is -1.31. The van der Waals surface area contributed by atoms with Gasteiger partial charge in [0.05, 0.1) is 25.5 Å². The summed E-state index contributed by atoms with van der Waals surface area (Å²) < 4.78 is 10.4. The van der Waals surface area contributed by atoms with Crippen LogP contribution in [0.15, 0.2) is 72.0 Å². The molecule has 0 aliphatic carbocycles. The Morgan fingerprint density at radius 3 is 2.61 bits per heavy atom. The molecule has 33 heavy (non-hydrogen) atoms. The Morgan fingerprint density at radius 1 is 1.09 bits per heavy atom. The highest BCUT2D eigenvalue weighted by Crippen LogP contribution is 2.31. The fourth-order valence-electron chi connectivity index (χ4n) is 3.99. The second kappa shape index (κ2) is 9.79. The van der Waals surface area contributed by atoms with Gasteiger partial charge in [-0.15, -0.1) is 0 Å². The lowest BCUT2D eigenvalue weighted by Gasteiger charge is -2.24. The van der Waals surface area contributed by atoms with E-state index in [0.717, 1.165) is 16.3 Å². The molecule has 1 unspecified atom stereocenters. The molecule has 2 aromatic carbocycles. The van der Waals surface area contributed by atoms with Crippen molar-refractivity contribution in [3.63, 3.8) is 0 Å². The summed E-state index contributed by atoms with van der Waals surface area (Å²) in [6, 6.07) is 18.3. The van der Waals surface area contributed by atoms with Crippen LogP contribution >= 0.6 is 0 Å². The second-order valence-electron chi connectivity index (χ2n) is 7.86. The van der Waals surface area contributed by atoms with E-state index >= 15 is 0 Å². The molecule has 8 heteroatoms. The Morgan fingerprint density at radius 2 is 1.85 bits per heavy atom. The van der Waals surface area contributed by atoms with Crippen molar-refractivity contribution in [2.24, 2.45) is 5.16 Å². The zero-order valence-corrected chi connectivity index (χ0v) is 18.5. The number of carbonyl (C=O) groups excluding carboxylic acids is 2. The highest BCUT2D eigenvalue weighted by atomic mass is 16.7. The van der Waals surface area contributed by atoms with Crippen molar-refractivity contribution in [2.45, 2.75) is 24.5 Å². The number of aromatic nitrogens is 1. The van der Waals surface area contributed by atoms with Crippen molar-refractivity contribution < 1.29 is 23.9 Å². The fraction of sp³-hybridized carbons (Fsp3) is 0.280. The van der Waals surface area contributed by atoms with E-state index in [1.54, 1.807) is 6.20 Å². The largest absolute Gasteiger partial charge is 0.466 e. The average molecular weight is 447 g/mol. The van der Waals surface area contributed by atoms with Crippen molar-refractivity contribution in [1.29, 1.82) is 0 Å². The number of carbonyl (C=O) groups is 2. The number of hydrogen-bond donors (Lipinski definition) is 1. The number of amides is 1. The minimum absolute atomic E-state index is 0.154. The number of ether oxygens (including phenoxy) is 2. The van der Waals surface area contributed by atoms with Crippen molar-refractivity contribution >= 4 is 28.4 Å². The predicted octanol–water partition coefficient (Wildman–Crippen LogP) is 2.91. The van der Waals surface area contributed by atoms with Crippen molar-refractivity contribution in [3.05, 3.63) is 78.1 Å². The second-order valence-corrected chi connectivity index (χ2v) is 7.86. The van der Waals surface area contributed by atoms with E-state index < -0.39 is 17.6 Å². The van der Waals surface area contributed by atoms with Gasteiger partial charge in [0.1, 0.15) is 5.69 Å². The molecule has 1 N–H and O–H groups in total. The summed E-state index contributed by atoms with van der Waals surface area (Å²) in [5, 5.41) is 8.77. The molecule has 170 valence electrons. The molecule has 0 fully saturated rings. The lowest BCUT2D eigenvalue weighted by atomic mass is 9.88. The number of pyridine rings is 1. The van der Waals surface area contributed by atoms with Gasteiger partial charge >= 0.3 is 5.97 Å². The summed E-state index contributed by atoms with van der Waals surface area (Å²) in [5.74, 6) is -0.890. The van der Waals surface area contributed by atoms with Crippen LogP contribution in [0.4, 0.5) is 0 Å². The lowest BCUT2D eigenvalue weighted by molar-refractivity contribution is -0.166. The van der Waals surface area contributed by atoms with Crippen molar-refractivity contribution in [2.75, 3.05) is 20.8 Å². The normalized spacial score (nSPS) is 18.3. The van der Waals surface area contributed by atoms with Crippen LogP contribution in [0.25, 0.3) is 10.8 Å². The summed E-state index contributed by atoms with van der Waals surface area (Å²) in [6.07, 6.45) is 2.04. The first-order valence-corrected chi connectivity index (χ1v) is 10.6. The number of fused-ring (bicyclic) bond motifs is 1. The minimum Gasteiger partial charge on any atom is -0.466 e. The Hall–Kier alpha value is -3.78. The molecular formula is C25H25N3O5. The zero-order chi connectivity index (χ0) is 23.3. The lowest BCUT2D eigenvalue weighted by Crippen LogP contribution is -2.47. The van der Waals surface area contributed by atoms with Crippen molar-refractivity contribution in [3.8, 4) is 0 Å². The number of rotatable bonds is 8. The van der Waals surface area contributed by atoms with E-state index in [9.17, 15) is 9.59 Å².